The number of fused-ring (bicyclic) bond motifs is 1. The van der Waals surface area contributed by atoms with Crippen molar-refractivity contribution < 1.29 is 19.2 Å². The number of carbonyl (C=O) groups excluding carboxylic acids is 4. The average Bonchev–Trinajstić information content (AvgIpc) is 3.26. The molecule has 4 N–H and O–H groups in total. The summed E-state index contributed by atoms with van der Waals surface area (Å²) in [5, 5.41) is 0. The van der Waals surface area contributed by atoms with Gasteiger partial charge in [0.25, 0.3) is 0 Å². The van der Waals surface area contributed by atoms with Crippen LogP contribution in [0.4, 0.5) is 0 Å². The number of Topliss-reactive ketones (excluding diaryl/α,β-unsaturated/α-hetero) is 1. The van der Waals surface area contributed by atoms with Gasteiger partial charge in [0.15, 0.2) is 5.78 Å². The summed E-state index contributed by atoms with van der Waals surface area (Å²) in [4.78, 5) is 52.6. The summed E-state index contributed by atoms with van der Waals surface area (Å²) >= 11 is 0. The molecule has 1 saturated carbocycles. The van der Waals surface area contributed by atoms with Gasteiger partial charge < -0.3 is 21.3 Å². The van der Waals surface area contributed by atoms with E-state index >= 15 is 0 Å². The molecule has 3 rings (SSSR count). The first-order valence-corrected chi connectivity index (χ1v) is 10.5. The van der Waals surface area contributed by atoms with Crippen molar-refractivity contribution in [3.63, 3.8) is 0 Å². The number of nitrogens with zero attached hydrogens (tertiary/aromatic N) is 2. The predicted molar refractivity (Wildman–Crippen MR) is 103 cm³/mol. The van der Waals surface area contributed by atoms with Crippen LogP contribution in [0.3, 0.4) is 0 Å². The van der Waals surface area contributed by atoms with Crippen LogP contribution < -0.4 is 11.5 Å². The van der Waals surface area contributed by atoms with E-state index in [1.165, 1.54) is 6.42 Å². The zero-order chi connectivity index (χ0) is 20.4. The van der Waals surface area contributed by atoms with Crippen LogP contribution in [-0.2, 0) is 19.2 Å². The summed E-state index contributed by atoms with van der Waals surface area (Å²) < 4.78 is 0. The molecule has 4 unspecified atom stereocenters. The zero-order valence-corrected chi connectivity index (χ0v) is 16.6. The lowest BCUT2D eigenvalue weighted by molar-refractivity contribution is -0.136. The van der Waals surface area contributed by atoms with E-state index in [0.717, 1.165) is 25.7 Å². The molecule has 0 radical (unpaired) electrons. The summed E-state index contributed by atoms with van der Waals surface area (Å²) in [6.45, 7) is 2.18. The molecule has 8 heteroatoms. The standard InChI is InChI=1S/C20H32N4O4/c1-12(19(22)27)7-8-16(26)23-10-9-14-18(23)15(25)11-24(14)20(28)17(21)13-5-3-2-4-6-13/h12-14,17-18H,2-11,21H2,1H3,(H2,22,27). The molecule has 0 aromatic carbocycles. The number of hydrogen-bond acceptors (Lipinski definition) is 5. The Morgan fingerprint density at radius 2 is 1.79 bits per heavy atom. The second-order valence-corrected chi connectivity index (χ2v) is 8.59. The number of ketones is 1. The molecule has 28 heavy (non-hydrogen) atoms. The van der Waals surface area contributed by atoms with E-state index in [-0.39, 0.29) is 48.4 Å². The number of nitrogens with two attached hydrogens (primary N) is 2. The molecule has 156 valence electrons. The number of hydrogen-bond donors (Lipinski definition) is 2. The Morgan fingerprint density at radius 1 is 1.11 bits per heavy atom. The SMILES string of the molecule is CC(CCC(=O)N1CCC2C1C(=O)CN2C(=O)C(N)C1CCCCC1)C(N)=O. The van der Waals surface area contributed by atoms with E-state index < -0.39 is 18.0 Å². The van der Waals surface area contributed by atoms with Crippen LogP contribution in [-0.4, -0.2) is 64.5 Å². The van der Waals surface area contributed by atoms with Crippen LogP contribution in [0.15, 0.2) is 0 Å². The fraction of sp³-hybridized carbons (Fsp3) is 0.800. The van der Waals surface area contributed by atoms with E-state index in [1.807, 2.05) is 0 Å². The number of carbonyl (C=O) groups is 4. The maximum atomic E-state index is 13.0. The Kier molecular flexibility index (Phi) is 6.37. The third-order valence-corrected chi connectivity index (χ3v) is 6.75. The van der Waals surface area contributed by atoms with Gasteiger partial charge in [-0.25, -0.2) is 0 Å². The number of primary amides is 1. The van der Waals surface area contributed by atoms with E-state index in [4.69, 9.17) is 11.5 Å². The average molecular weight is 393 g/mol. The van der Waals surface area contributed by atoms with Crippen molar-refractivity contribution in [2.75, 3.05) is 13.1 Å². The highest BCUT2D eigenvalue weighted by atomic mass is 16.2. The van der Waals surface area contributed by atoms with Gasteiger partial charge in [0.05, 0.1) is 18.6 Å². The fourth-order valence-electron chi connectivity index (χ4n) is 4.90. The summed E-state index contributed by atoms with van der Waals surface area (Å²) in [5.74, 6) is -1.03. The topological polar surface area (TPSA) is 127 Å². The molecule has 3 amide bonds. The van der Waals surface area contributed by atoms with Crippen LogP contribution in [0.25, 0.3) is 0 Å². The number of likely N-dealkylation sites (tertiary alicyclic amines) is 2. The van der Waals surface area contributed by atoms with Crippen LogP contribution in [0.2, 0.25) is 0 Å². The molecular formula is C20H32N4O4. The predicted octanol–water partition coefficient (Wildman–Crippen LogP) is 0.176. The molecule has 2 saturated heterocycles. The van der Waals surface area contributed by atoms with Gasteiger partial charge in [0.1, 0.15) is 6.04 Å². The Labute approximate surface area is 166 Å². The monoisotopic (exact) mass is 392 g/mol. The van der Waals surface area contributed by atoms with Gasteiger partial charge in [0, 0.05) is 18.9 Å². The second-order valence-electron chi connectivity index (χ2n) is 8.59. The summed E-state index contributed by atoms with van der Waals surface area (Å²) in [6, 6.07) is -1.40. The molecule has 3 aliphatic rings. The second kappa shape index (κ2) is 8.59. The lowest BCUT2D eigenvalue weighted by atomic mass is 9.83. The molecule has 1 aliphatic carbocycles. The molecule has 0 aromatic rings. The molecule has 0 aromatic heterocycles. The summed E-state index contributed by atoms with van der Waals surface area (Å²) in [7, 11) is 0. The molecule has 0 spiro atoms. The van der Waals surface area contributed by atoms with Crippen molar-refractivity contribution in [1.29, 1.82) is 0 Å². The molecule has 4 atom stereocenters. The van der Waals surface area contributed by atoms with Gasteiger partial charge in [-0.15, -0.1) is 0 Å². The Balaban J connectivity index is 1.62. The fourth-order valence-corrected chi connectivity index (χ4v) is 4.90. The smallest absolute Gasteiger partial charge is 0.240 e. The zero-order valence-electron chi connectivity index (χ0n) is 16.6. The molecule has 0 bridgehead atoms. The maximum absolute atomic E-state index is 13.0. The van der Waals surface area contributed by atoms with Gasteiger partial charge in [-0.2, -0.15) is 0 Å². The third kappa shape index (κ3) is 4.06. The van der Waals surface area contributed by atoms with Gasteiger partial charge in [-0.05, 0) is 31.6 Å². The summed E-state index contributed by atoms with van der Waals surface area (Å²) in [6.07, 6.45) is 6.45. The summed E-state index contributed by atoms with van der Waals surface area (Å²) in [5.41, 5.74) is 11.5. The van der Waals surface area contributed by atoms with Crippen molar-refractivity contribution in [3.8, 4) is 0 Å². The lowest BCUT2D eigenvalue weighted by Gasteiger charge is -2.31. The highest BCUT2D eigenvalue weighted by Crippen LogP contribution is 2.33. The van der Waals surface area contributed by atoms with Gasteiger partial charge in [-0.3, -0.25) is 19.2 Å². The first kappa shape index (κ1) is 20.8. The molecule has 2 aliphatic heterocycles. The van der Waals surface area contributed by atoms with Crippen LogP contribution in [0.5, 0.6) is 0 Å². The normalized spacial score (nSPS) is 27.6. The van der Waals surface area contributed by atoms with Crippen molar-refractivity contribution in [3.05, 3.63) is 0 Å². The highest BCUT2D eigenvalue weighted by Gasteiger charge is 2.52. The quantitative estimate of drug-likeness (QED) is 0.666. The van der Waals surface area contributed by atoms with Crippen molar-refractivity contribution in [2.45, 2.75) is 76.4 Å². The highest BCUT2D eigenvalue weighted by molar-refractivity contribution is 5.98. The third-order valence-electron chi connectivity index (χ3n) is 6.75. The minimum atomic E-state index is -0.570. The maximum Gasteiger partial charge on any atom is 0.240 e. The van der Waals surface area contributed by atoms with Gasteiger partial charge >= 0.3 is 0 Å². The number of rotatable bonds is 6. The van der Waals surface area contributed by atoms with Crippen LogP contribution in [0, 0.1) is 11.8 Å². The van der Waals surface area contributed by atoms with Gasteiger partial charge in [0.2, 0.25) is 17.7 Å². The van der Waals surface area contributed by atoms with E-state index in [0.29, 0.717) is 19.4 Å². The first-order valence-electron chi connectivity index (χ1n) is 10.5. The van der Waals surface area contributed by atoms with Crippen molar-refractivity contribution in [1.82, 2.24) is 9.80 Å². The molecule has 8 nitrogen and oxygen atoms in total. The minimum Gasteiger partial charge on any atom is -0.369 e. The largest absolute Gasteiger partial charge is 0.369 e. The minimum absolute atomic E-state index is 0.0378. The Hall–Kier alpha value is -1.96. The molecule has 3 fully saturated rings. The van der Waals surface area contributed by atoms with E-state index in [9.17, 15) is 19.2 Å². The van der Waals surface area contributed by atoms with Crippen LogP contribution in [0.1, 0.15) is 58.3 Å². The van der Waals surface area contributed by atoms with Crippen molar-refractivity contribution in [2.24, 2.45) is 23.3 Å². The molecule has 2 heterocycles. The Bertz CT molecular complexity index is 646. The van der Waals surface area contributed by atoms with Gasteiger partial charge in [-0.1, -0.05) is 26.2 Å². The first-order chi connectivity index (χ1) is 13.3. The van der Waals surface area contributed by atoms with E-state index in [1.54, 1.807) is 16.7 Å². The number of amides is 3. The molecular weight excluding hydrogens is 360 g/mol. The van der Waals surface area contributed by atoms with E-state index in [2.05, 4.69) is 0 Å². The lowest BCUT2D eigenvalue weighted by Crippen LogP contribution is -2.51. The van der Waals surface area contributed by atoms with Crippen molar-refractivity contribution >= 4 is 23.5 Å². The van der Waals surface area contributed by atoms with Crippen LogP contribution >= 0.6 is 0 Å². The Morgan fingerprint density at radius 3 is 2.43 bits per heavy atom.